The second kappa shape index (κ2) is 4.89. The lowest BCUT2D eigenvalue weighted by Crippen LogP contribution is -2.45. The standard InChI is InChI=1S/C16H27NO4/c1-14(2,3)20-12(18)11-9-16(7-8-16)10-17(11)13(19)21-15(4,5)6/h11H,7-10H2,1-6H3. The molecule has 0 N–H and O–H groups in total. The summed E-state index contributed by atoms with van der Waals surface area (Å²) in [6.07, 6.45) is 2.43. The molecular weight excluding hydrogens is 270 g/mol. The highest BCUT2D eigenvalue weighted by Crippen LogP contribution is 2.55. The van der Waals surface area contributed by atoms with Gasteiger partial charge in [-0.3, -0.25) is 4.90 Å². The number of ether oxygens (including phenoxy) is 2. The maximum absolute atomic E-state index is 12.4. The average molecular weight is 297 g/mol. The Morgan fingerprint density at radius 1 is 1.00 bits per heavy atom. The van der Waals surface area contributed by atoms with E-state index in [1.165, 1.54) is 0 Å². The Kier molecular flexibility index (Phi) is 3.75. The van der Waals surface area contributed by atoms with Crippen LogP contribution >= 0.6 is 0 Å². The number of hydrogen-bond donors (Lipinski definition) is 0. The maximum Gasteiger partial charge on any atom is 0.411 e. The normalized spacial score (nSPS) is 24.1. The number of amides is 1. The van der Waals surface area contributed by atoms with Crippen molar-refractivity contribution in [3.8, 4) is 0 Å². The molecule has 0 radical (unpaired) electrons. The molecule has 0 aromatic heterocycles. The van der Waals surface area contributed by atoms with Crippen molar-refractivity contribution in [3.63, 3.8) is 0 Å². The summed E-state index contributed by atoms with van der Waals surface area (Å²) in [5, 5.41) is 0. The fourth-order valence-corrected chi connectivity index (χ4v) is 2.69. The summed E-state index contributed by atoms with van der Waals surface area (Å²) < 4.78 is 10.9. The molecule has 0 aromatic carbocycles. The van der Waals surface area contributed by atoms with E-state index in [2.05, 4.69) is 0 Å². The molecule has 1 atom stereocenters. The van der Waals surface area contributed by atoms with Gasteiger partial charge in [0.15, 0.2) is 0 Å². The Hall–Kier alpha value is -1.26. The molecule has 1 unspecified atom stereocenters. The zero-order valence-corrected chi connectivity index (χ0v) is 14.0. The predicted octanol–water partition coefficient (Wildman–Crippen LogP) is 3.12. The van der Waals surface area contributed by atoms with Gasteiger partial charge in [-0.05, 0) is 66.2 Å². The first kappa shape index (κ1) is 16.1. The van der Waals surface area contributed by atoms with Crippen molar-refractivity contribution in [1.82, 2.24) is 4.90 Å². The van der Waals surface area contributed by atoms with Crippen LogP contribution < -0.4 is 0 Å². The summed E-state index contributed by atoms with van der Waals surface area (Å²) in [4.78, 5) is 26.3. The zero-order valence-electron chi connectivity index (χ0n) is 14.0. The van der Waals surface area contributed by atoms with Crippen LogP contribution in [0.15, 0.2) is 0 Å². The predicted molar refractivity (Wildman–Crippen MR) is 78.9 cm³/mol. The van der Waals surface area contributed by atoms with Crippen molar-refractivity contribution in [1.29, 1.82) is 0 Å². The summed E-state index contributed by atoms with van der Waals surface area (Å²) >= 11 is 0. The maximum atomic E-state index is 12.4. The quantitative estimate of drug-likeness (QED) is 0.698. The van der Waals surface area contributed by atoms with E-state index in [1.54, 1.807) is 4.90 Å². The van der Waals surface area contributed by atoms with Gasteiger partial charge in [-0.15, -0.1) is 0 Å². The number of esters is 1. The Labute approximate surface area is 127 Å². The van der Waals surface area contributed by atoms with Gasteiger partial charge in [0.05, 0.1) is 0 Å². The molecule has 1 aliphatic heterocycles. The van der Waals surface area contributed by atoms with Gasteiger partial charge in [-0.2, -0.15) is 0 Å². The smallest absolute Gasteiger partial charge is 0.411 e. The highest BCUT2D eigenvalue weighted by atomic mass is 16.6. The lowest BCUT2D eigenvalue weighted by molar-refractivity contribution is -0.160. The van der Waals surface area contributed by atoms with Crippen LogP contribution in [0.4, 0.5) is 4.79 Å². The van der Waals surface area contributed by atoms with E-state index in [1.807, 2.05) is 41.5 Å². The lowest BCUT2D eigenvalue weighted by atomic mass is 10.0. The summed E-state index contributed by atoms with van der Waals surface area (Å²) in [5.41, 5.74) is -0.983. The van der Waals surface area contributed by atoms with Crippen molar-refractivity contribution in [2.24, 2.45) is 5.41 Å². The van der Waals surface area contributed by atoms with Crippen LogP contribution in [0.5, 0.6) is 0 Å². The van der Waals surface area contributed by atoms with Gasteiger partial charge in [-0.25, -0.2) is 9.59 Å². The van der Waals surface area contributed by atoms with Crippen LogP contribution in [0.1, 0.15) is 60.8 Å². The van der Waals surface area contributed by atoms with Gasteiger partial charge in [-0.1, -0.05) is 0 Å². The molecule has 2 rings (SSSR count). The van der Waals surface area contributed by atoms with Crippen molar-refractivity contribution >= 4 is 12.1 Å². The highest BCUT2D eigenvalue weighted by Gasteiger charge is 2.56. The Morgan fingerprint density at radius 3 is 1.95 bits per heavy atom. The van der Waals surface area contributed by atoms with Crippen LogP contribution in [0.3, 0.4) is 0 Å². The van der Waals surface area contributed by atoms with Gasteiger partial charge in [0.25, 0.3) is 0 Å². The second-order valence-corrected chi connectivity index (χ2v) is 8.36. The van der Waals surface area contributed by atoms with Gasteiger partial charge in [0.1, 0.15) is 17.2 Å². The fourth-order valence-electron chi connectivity index (χ4n) is 2.69. The summed E-state index contributed by atoms with van der Waals surface area (Å²) in [5.74, 6) is -0.322. The lowest BCUT2D eigenvalue weighted by Gasteiger charge is -2.29. The van der Waals surface area contributed by atoms with Crippen molar-refractivity contribution in [2.75, 3.05) is 6.54 Å². The molecule has 5 nitrogen and oxygen atoms in total. The fraction of sp³-hybridized carbons (Fsp3) is 0.875. The van der Waals surface area contributed by atoms with Crippen LogP contribution in [0, 0.1) is 5.41 Å². The first-order valence-electron chi connectivity index (χ1n) is 7.63. The largest absolute Gasteiger partial charge is 0.458 e. The van der Waals surface area contributed by atoms with E-state index in [-0.39, 0.29) is 11.4 Å². The second-order valence-electron chi connectivity index (χ2n) is 8.36. The van der Waals surface area contributed by atoms with Crippen molar-refractivity contribution in [2.45, 2.75) is 78.0 Å². The Morgan fingerprint density at radius 2 is 1.52 bits per heavy atom. The minimum Gasteiger partial charge on any atom is -0.458 e. The van der Waals surface area contributed by atoms with E-state index >= 15 is 0 Å². The number of hydrogen-bond acceptors (Lipinski definition) is 4. The number of carbonyl (C=O) groups is 2. The Bertz CT molecular complexity index is 402. The van der Waals surface area contributed by atoms with E-state index in [9.17, 15) is 9.59 Å². The van der Waals surface area contributed by atoms with Gasteiger partial charge < -0.3 is 9.47 Å². The molecule has 5 heteroatoms. The van der Waals surface area contributed by atoms with Crippen LogP contribution in [0.25, 0.3) is 0 Å². The minimum absolute atomic E-state index is 0.123. The molecule has 120 valence electrons. The number of rotatable bonds is 1. The molecule has 1 saturated heterocycles. The summed E-state index contributed by atoms with van der Waals surface area (Å²) in [7, 11) is 0. The van der Waals surface area contributed by atoms with Crippen LogP contribution in [0.2, 0.25) is 0 Å². The van der Waals surface area contributed by atoms with Crippen molar-refractivity contribution < 1.29 is 19.1 Å². The van der Waals surface area contributed by atoms with E-state index in [0.717, 1.165) is 12.8 Å². The van der Waals surface area contributed by atoms with E-state index < -0.39 is 23.3 Å². The topological polar surface area (TPSA) is 55.8 Å². The molecular formula is C16H27NO4. The molecule has 2 fully saturated rings. The average Bonchev–Trinajstić information content (AvgIpc) is 2.84. The minimum atomic E-state index is -0.561. The van der Waals surface area contributed by atoms with Crippen LogP contribution in [-0.2, 0) is 14.3 Å². The highest BCUT2D eigenvalue weighted by molar-refractivity contribution is 5.83. The first-order chi connectivity index (χ1) is 9.41. The molecule has 0 bridgehead atoms. The Balaban J connectivity index is 2.10. The number of nitrogens with zero attached hydrogens (tertiary/aromatic N) is 1. The molecule has 2 aliphatic rings. The van der Waals surface area contributed by atoms with Crippen molar-refractivity contribution in [3.05, 3.63) is 0 Å². The molecule has 1 amide bonds. The molecule has 21 heavy (non-hydrogen) atoms. The molecule has 1 heterocycles. The third-order valence-corrected chi connectivity index (χ3v) is 3.77. The third-order valence-electron chi connectivity index (χ3n) is 3.77. The number of likely N-dealkylation sites (tertiary alicyclic amines) is 1. The summed E-state index contributed by atoms with van der Waals surface area (Å²) in [6.45, 7) is 11.6. The van der Waals surface area contributed by atoms with E-state index in [0.29, 0.717) is 13.0 Å². The summed E-state index contributed by atoms with van der Waals surface area (Å²) in [6, 6.07) is -0.512. The molecule has 1 saturated carbocycles. The van der Waals surface area contributed by atoms with Gasteiger partial charge in [0.2, 0.25) is 0 Å². The van der Waals surface area contributed by atoms with Gasteiger partial charge in [0, 0.05) is 6.54 Å². The zero-order chi connectivity index (χ0) is 16.1. The monoisotopic (exact) mass is 297 g/mol. The molecule has 0 aromatic rings. The molecule has 1 aliphatic carbocycles. The van der Waals surface area contributed by atoms with Gasteiger partial charge >= 0.3 is 12.1 Å². The SMILES string of the molecule is CC(C)(C)OC(=O)C1CC2(CC2)CN1C(=O)OC(C)(C)C. The van der Waals surface area contributed by atoms with Crippen LogP contribution in [-0.4, -0.2) is 40.8 Å². The van der Waals surface area contributed by atoms with E-state index in [4.69, 9.17) is 9.47 Å². The molecule has 1 spiro atoms. The first-order valence-corrected chi connectivity index (χ1v) is 7.63. The third kappa shape index (κ3) is 4.11. The number of carbonyl (C=O) groups excluding carboxylic acids is 2.